The van der Waals surface area contributed by atoms with Crippen LogP contribution in [-0.4, -0.2) is 95.5 Å². The first-order chi connectivity index (χ1) is 27.5. The third-order valence-corrected chi connectivity index (χ3v) is 9.09. The lowest BCUT2D eigenvalue weighted by molar-refractivity contribution is 0.0510. The molecule has 9 rings (SSSR count). The monoisotopic (exact) mass is 754 g/mol. The van der Waals surface area contributed by atoms with Crippen molar-refractivity contribution in [2.24, 2.45) is 0 Å². The number of hydrogen-bond donors (Lipinski definition) is 2. The molecule has 0 aliphatic carbocycles. The van der Waals surface area contributed by atoms with E-state index in [2.05, 4.69) is 9.97 Å². The molecule has 8 bridgehead atoms. The van der Waals surface area contributed by atoms with Crippen molar-refractivity contribution in [3.05, 3.63) is 72.8 Å². The lowest BCUT2D eigenvalue weighted by atomic mass is 10.1. The summed E-state index contributed by atoms with van der Waals surface area (Å²) in [6, 6.07) is 22.5. The van der Waals surface area contributed by atoms with E-state index in [0.29, 0.717) is 74.4 Å². The van der Waals surface area contributed by atoms with E-state index in [1.165, 1.54) is 0 Å². The van der Waals surface area contributed by atoms with E-state index in [9.17, 15) is 0 Å². The minimum absolute atomic E-state index is 0.0694. The average Bonchev–Trinajstić information content (AvgIpc) is 3.95. The van der Waals surface area contributed by atoms with Crippen molar-refractivity contribution in [2.75, 3.05) is 55.6 Å². The molecular weight excluding hydrogens is 720 g/mol. The number of aromatic nitrogens is 8. The number of rotatable bonds is 12. The fraction of sp³-hybridized carbons (Fsp3) is 0.200. The Morgan fingerprint density at radius 1 is 0.357 bits per heavy atom. The van der Waals surface area contributed by atoms with Crippen LogP contribution in [0, 0.1) is 0 Å². The maximum Gasteiger partial charge on any atom is 0.188 e. The van der Waals surface area contributed by atoms with Gasteiger partial charge in [-0.1, -0.05) is 0 Å². The first-order valence-corrected chi connectivity index (χ1v) is 17.4. The first kappa shape index (κ1) is 35.0. The summed E-state index contributed by atoms with van der Waals surface area (Å²) >= 11 is 0. The van der Waals surface area contributed by atoms with Gasteiger partial charge in [0.15, 0.2) is 50.5 Å². The molecule has 5 heterocycles. The number of hydrogen-bond acceptors (Lipinski definition) is 14. The smallest absolute Gasteiger partial charge is 0.188 e. The molecule has 0 radical (unpaired) electrons. The number of ether oxygens (including phenoxy) is 8. The minimum atomic E-state index is 0.0694. The summed E-state index contributed by atoms with van der Waals surface area (Å²) in [5.74, 6) is 4.02. The SMILES string of the molecule is COCOc1ccc2c(c1)-c1nc-2nc2[nH]c(nc3nc(nc4[nH]c(n1)c1ccc(OCOC)cc41)-c1cc(OCOC)ccc1-3)c1cc(OCOC)ccc21. The largest absolute Gasteiger partial charge is 0.468 e. The summed E-state index contributed by atoms with van der Waals surface area (Å²) in [4.78, 5) is 37.3. The molecule has 0 saturated heterocycles. The van der Waals surface area contributed by atoms with Gasteiger partial charge in [-0.25, -0.2) is 29.9 Å². The fourth-order valence-electron chi connectivity index (χ4n) is 6.58. The second-order valence-electron chi connectivity index (χ2n) is 12.6. The summed E-state index contributed by atoms with van der Waals surface area (Å²) in [7, 11) is 6.27. The van der Waals surface area contributed by atoms with E-state index in [1.54, 1.807) is 28.4 Å². The van der Waals surface area contributed by atoms with Crippen LogP contribution in [0.3, 0.4) is 0 Å². The summed E-state index contributed by atoms with van der Waals surface area (Å²) in [6.45, 7) is 0.293. The molecule has 0 fully saturated rings. The molecule has 0 unspecified atom stereocenters. The Kier molecular flexibility index (Phi) is 9.28. The van der Waals surface area contributed by atoms with Gasteiger partial charge >= 0.3 is 0 Å². The van der Waals surface area contributed by atoms with Gasteiger partial charge in [0.05, 0.1) is 0 Å². The molecule has 2 aliphatic heterocycles. The van der Waals surface area contributed by atoms with Gasteiger partial charge in [0.25, 0.3) is 0 Å². The van der Waals surface area contributed by atoms with Gasteiger partial charge in [0, 0.05) is 72.2 Å². The molecule has 282 valence electrons. The van der Waals surface area contributed by atoms with E-state index < -0.39 is 0 Å². The van der Waals surface area contributed by atoms with Crippen molar-refractivity contribution in [1.29, 1.82) is 0 Å². The van der Waals surface area contributed by atoms with E-state index in [0.717, 1.165) is 38.2 Å². The molecule has 0 atom stereocenters. The van der Waals surface area contributed by atoms with Crippen LogP contribution in [0.15, 0.2) is 72.8 Å². The zero-order valence-electron chi connectivity index (χ0n) is 30.7. The number of fused-ring (bicyclic) bond motifs is 20. The molecule has 0 spiro atoms. The van der Waals surface area contributed by atoms with Crippen molar-refractivity contribution >= 4 is 44.1 Å². The minimum Gasteiger partial charge on any atom is -0.468 e. The summed E-state index contributed by atoms with van der Waals surface area (Å²) in [5, 5.41) is 3.04. The first-order valence-electron chi connectivity index (χ1n) is 17.4. The number of methoxy groups -OCH3 is 4. The van der Waals surface area contributed by atoms with Gasteiger partial charge < -0.3 is 47.9 Å². The standard InChI is InChI=1S/C40H34N8O8/c1-49-17-53-21-5-9-25-29(13-21)37-42-33(25)41-34-26-10-6-22(54-18-50-2)14-30(26)38(43-34)45-36-28-12-8-24(56-20-52-4)16-32(28)40(47-36)48-39-31-15-23(55-19-51-3)7-11-27(31)35(44-37)46-39/h5-16H,17-20H2,1-4H3,(H2,41,42,43,44,45,46,47,48). The van der Waals surface area contributed by atoms with Crippen LogP contribution < -0.4 is 18.9 Å². The van der Waals surface area contributed by atoms with Gasteiger partial charge in [0.1, 0.15) is 45.6 Å². The van der Waals surface area contributed by atoms with E-state index >= 15 is 0 Å². The van der Waals surface area contributed by atoms with Crippen molar-refractivity contribution in [3.8, 4) is 68.5 Å². The summed E-state index contributed by atoms with van der Waals surface area (Å²) in [6.07, 6.45) is 0. The Morgan fingerprint density at radius 2 is 0.679 bits per heavy atom. The number of nitrogens with one attached hydrogen (secondary N) is 2. The second kappa shape index (κ2) is 14.8. The molecule has 2 aliphatic rings. The van der Waals surface area contributed by atoms with Crippen LogP contribution >= 0.6 is 0 Å². The molecule has 16 nitrogen and oxygen atoms in total. The molecule has 7 aromatic rings. The van der Waals surface area contributed by atoms with E-state index in [1.807, 2.05) is 72.8 Å². The van der Waals surface area contributed by atoms with Crippen LogP contribution in [0.2, 0.25) is 0 Å². The third-order valence-electron chi connectivity index (χ3n) is 9.09. The fourth-order valence-corrected chi connectivity index (χ4v) is 6.58. The highest BCUT2D eigenvalue weighted by atomic mass is 16.7. The van der Waals surface area contributed by atoms with Crippen molar-refractivity contribution in [3.63, 3.8) is 0 Å². The number of nitrogens with zero attached hydrogens (tertiary/aromatic N) is 6. The number of H-pyrrole nitrogens is 2. The van der Waals surface area contributed by atoms with E-state index in [4.69, 9.17) is 67.8 Å². The maximum atomic E-state index is 5.83. The zero-order valence-corrected chi connectivity index (χ0v) is 30.7. The van der Waals surface area contributed by atoms with Gasteiger partial charge in [-0.05, 0) is 72.8 Å². The predicted molar refractivity (Wildman–Crippen MR) is 206 cm³/mol. The van der Waals surface area contributed by atoms with Crippen LogP contribution in [0.25, 0.3) is 89.7 Å². The maximum absolute atomic E-state index is 5.83. The Morgan fingerprint density at radius 3 is 1.05 bits per heavy atom. The van der Waals surface area contributed by atoms with Crippen LogP contribution in [0.4, 0.5) is 0 Å². The Balaban J connectivity index is 1.39. The Labute approximate surface area is 318 Å². The molecule has 3 aromatic heterocycles. The number of aromatic amines is 2. The lowest BCUT2D eigenvalue weighted by Gasteiger charge is -2.06. The molecular formula is C40H34N8O8. The molecule has 0 amide bonds. The van der Waals surface area contributed by atoms with Crippen molar-refractivity contribution in [2.45, 2.75) is 0 Å². The second-order valence-corrected chi connectivity index (χ2v) is 12.6. The molecule has 16 heteroatoms. The van der Waals surface area contributed by atoms with Gasteiger partial charge in [0.2, 0.25) is 0 Å². The van der Waals surface area contributed by atoms with Crippen molar-refractivity contribution < 1.29 is 37.9 Å². The van der Waals surface area contributed by atoms with Gasteiger partial charge in [-0.3, -0.25) is 0 Å². The highest BCUT2D eigenvalue weighted by Gasteiger charge is 2.24. The van der Waals surface area contributed by atoms with Crippen LogP contribution in [-0.2, 0) is 18.9 Å². The molecule has 2 N–H and O–H groups in total. The summed E-state index contributed by atoms with van der Waals surface area (Å²) in [5.41, 5.74) is 4.96. The van der Waals surface area contributed by atoms with E-state index in [-0.39, 0.29) is 27.2 Å². The van der Waals surface area contributed by atoms with Crippen LogP contribution in [0.1, 0.15) is 0 Å². The predicted octanol–water partition coefficient (Wildman–Crippen LogP) is 6.80. The quantitative estimate of drug-likeness (QED) is 0.124. The molecule has 0 saturated carbocycles. The van der Waals surface area contributed by atoms with Crippen LogP contribution in [0.5, 0.6) is 23.0 Å². The highest BCUT2D eigenvalue weighted by Crippen LogP contribution is 2.40. The topological polar surface area (TPSA) is 183 Å². The zero-order chi connectivity index (χ0) is 38.2. The Hall–Kier alpha value is -6.72. The lowest BCUT2D eigenvalue weighted by Crippen LogP contribution is -1.98. The third kappa shape index (κ3) is 6.45. The van der Waals surface area contributed by atoms with Crippen molar-refractivity contribution in [1.82, 2.24) is 39.9 Å². The summed E-state index contributed by atoms with van der Waals surface area (Å²) < 4.78 is 44.0. The average molecular weight is 755 g/mol. The molecule has 4 aromatic carbocycles. The normalized spacial score (nSPS) is 11.8. The molecule has 56 heavy (non-hydrogen) atoms. The highest BCUT2D eigenvalue weighted by molar-refractivity contribution is 6.07. The number of benzene rings is 4. The Bertz CT molecular complexity index is 2800. The van der Waals surface area contributed by atoms with Gasteiger partial charge in [-0.2, -0.15) is 0 Å². The van der Waals surface area contributed by atoms with Gasteiger partial charge in [-0.15, -0.1) is 0 Å².